The number of unbranched alkanes of at least 4 members (excludes halogenated alkanes) is 2. The first-order valence-electron chi connectivity index (χ1n) is 5.91. The van der Waals surface area contributed by atoms with Crippen LogP contribution in [0.5, 0.6) is 0 Å². The Morgan fingerprint density at radius 2 is 1.48 bits per heavy atom. The minimum absolute atomic E-state index is 0. The number of hydrogen-bond acceptors (Lipinski definition) is 5. The molecule has 0 aliphatic heterocycles. The van der Waals surface area contributed by atoms with Crippen LogP contribution in [0.1, 0.15) is 32.6 Å². The van der Waals surface area contributed by atoms with Crippen molar-refractivity contribution in [3.8, 4) is 0 Å². The van der Waals surface area contributed by atoms with E-state index in [4.69, 9.17) is 0 Å². The standard InChI is InChI=1S/C15H12O5.Fe/c1-2-3-4-5-12(8-17)14(10-19)15(11-20)13(9-18)6-7-16;/h6H,2-5H2,1H3;. The summed E-state index contributed by atoms with van der Waals surface area (Å²) in [6.45, 7) is 1.96. The quantitative estimate of drug-likeness (QED) is 0.287. The molecule has 0 spiro atoms. The third-order valence-electron chi connectivity index (χ3n) is 2.49. The van der Waals surface area contributed by atoms with Crippen LogP contribution in [-0.4, -0.2) is 29.7 Å². The van der Waals surface area contributed by atoms with E-state index in [9.17, 15) is 24.0 Å². The van der Waals surface area contributed by atoms with Crippen LogP contribution in [0.25, 0.3) is 0 Å². The summed E-state index contributed by atoms with van der Waals surface area (Å²) < 4.78 is 0. The van der Waals surface area contributed by atoms with E-state index in [1.165, 1.54) is 23.8 Å². The third-order valence-corrected chi connectivity index (χ3v) is 2.49. The summed E-state index contributed by atoms with van der Waals surface area (Å²) in [7, 11) is 0. The number of hydrogen-bond donors (Lipinski definition) is 0. The second-order valence-electron chi connectivity index (χ2n) is 3.77. The molecule has 0 aromatic heterocycles. The first-order valence-corrected chi connectivity index (χ1v) is 5.91. The number of carbonyl (C=O) groups excluding carboxylic acids is 5. The normalized spacial score (nSPS) is 7.67. The van der Waals surface area contributed by atoms with Crippen molar-refractivity contribution < 1.29 is 41.0 Å². The molecule has 0 heterocycles. The first kappa shape index (κ1) is 21.1. The molecule has 0 saturated heterocycles. The van der Waals surface area contributed by atoms with Gasteiger partial charge in [-0.05, 0) is 12.8 Å². The van der Waals surface area contributed by atoms with E-state index in [0.29, 0.717) is 12.5 Å². The molecule has 0 atom stereocenters. The van der Waals surface area contributed by atoms with Gasteiger partial charge < -0.3 is 0 Å². The van der Waals surface area contributed by atoms with Crippen LogP contribution >= 0.6 is 0 Å². The zero-order chi connectivity index (χ0) is 15.4. The van der Waals surface area contributed by atoms with Crippen molar-refractivity contribution in [3.05, 3.63) is 28.4 Å². The van der Waals surface area contributed by atoms with E-state index in [2.05, 4.69) is 0 Å². The average Bonchev–Trinajstić information content (AvgIpc) is 2.48. The van der Waals surface area contributed by atoms with E-state index in [1.807, 2.05) is 6.92 Å². The monoisotopic (exact) mass is 328 g/mol. The van der Waals surface area contributed by atoms with Gasteiger partial charge in [0.15, 0.2) is 0 Å². The molecule has 0 aliphatic rings. The predicted octanol–water partition coefficient (Wildman–Crippen LogP) is 0.984. The molecule has 0 aromatic carbocycles. The summed E-state index contributed by atoms with van der Waals surface area (Å²) in [5, 5.41) is 0. The van der Waals surface area contributed by atoms with Gasteiger partial charge in [-0.15, -0.1) is 0 Å². The van der Waals surface area contributed by atoms with Gasteiger partial charge in [0.05, 0.1) is 22.3 Å². The Balaban J connectivity index is 0. The molecule has 21 heavy (non-hydrogen) atoms. The summed E-state index contributed by atoms with van der Waals surface area (Å²) in [5.41, 5.74) is -1.54. The van der Waals surface area contributed by atoms with Gasteiger partial charge in [-0.1, -0.05) is 19.8 Å². The van der Waals surface area contributed by atoms with Crippen molar-refractivity contribution in [1.82, 2.24) is 0 Å². The molecule has 0 fully saturated rings. The van der Waals surface area contributed by atoms with Crippen molar-refractivity contribution in [3.63, 3.8) is 0 Å². The summed E-state index contributed by atoms with van der Waals surface area (Å²) in [6, 6.07) is 0. The molecule has 0 radical (unpaired) electrons. The second-order valence-corrected chi connectivity index (χ2v) is 3.77. The van der Waals surface area contributed by atoms with Gasteiger partial charge in [0, 0.05) is 23.1 Å². The van der Waals surface area contributed by atoms with Gasteiger partial charge in [-0.25, -0.2) is 24.0 Å². The molecule has 0 rings (SSSR count). The van der Waals surface area contributed by atoms with Crippen molar-refractivity contribution in [2.24, 2.45) is 0 Å². The van der Waals surface area contributed by atoms with Crippen LogP contribution in [0.15, 0.2) is 28.4 Å². The molecule has 110 valence electrons. The fourth-order valence-electron chi connectivity index (χ4n) is 1.49. The number of rotatable bonds is 8. The van der Waals surface area contributed by atoms with Crippen molar-refractivity contribution in [1.29, 1.82) is 0 Å². The minimum atomic E-state index is -0.534. The van der Waals surface area contributed by atoms with Gasteiger partial charge in [0.2, 0.25) is 0 Å². The Morgan fingerprint density at radius 1 is 0.857 bits per heavy atom. The topological polar surface area (TPSA) is 85.3 Å². The van der Waals surface area contributed by atoms with Crippen LogP contribution < -0.4 is 0 Å². The first-order chi connectivity index (χ1) is 9.69. The minimum Gasteiger partial charge on any atom is -0.233 e. The van der Waals surface area contributed by atoms with Crippen LogP contribution in [0.2, 0.25) is 0 Å². The van der Waals surface area contributed by atoms with Crippen LogP contribution in [0.4, 0.5) is 0 Å². The second kappa shape index (κ2) is 12.8. The van der Waals surface area contributed by atoms with E-state index in [0.717, 1.165) is 12.8 Å². The summed E-state index contributed by atoms with van der Waals surface area (Å²) in [4.78, 5) is 53.6. The van der Waals surface area contributed by atoms with E-state index >= 15 is 0 Å². The van der Waals surface area contributed by atoms with E-state index in [1.54, 1.807) is 5.94 Å². The van der Waals surface area contributed by atoms with Crippen LogP contribution in [0, 0.1) is 0 Å². The van der Waals surface area contributed by atoms with E-state index < -0.39 is 16.7 Å². The van der Waals surface area contributed by atoms with Gasteiger partial charge in [-0.3, -0.25) is 0 Å². The Morgan fingerprint density at radius 3 is 1.86 bits per heavy atom. The van der Waals surface area contributed by atoms with Crippen molar-refractivity contribution >= 4 is 29.7 Å². The maximum Gasteiger partial charge on any atom is 0.135 e. The summed E-state index contributed by atoms with van der Waals surface area (Å²) in [6.07, 6.45) is 3.18. The Hall–Kier alpha value is -2.23. The largest absolute Gasteiger partial charge is 0.233 e. The molecule has 0 bridgehead atoms. The number of allylic oxidation sites excluding steroid dienone is 5. The predicted molar refractivity (Wildman–Crippen MR) is 71.2 cm³/mol. The van der Waals surface area contributed by atoms with Crippen LogP contribution in [-0.2, 0) is 41.0 Å². The SMILES string of the molecule is CCCCCC(=C=O)C(=C=O)C(=C=O)C(=C=O)C=C=O.[Fe]. The molecule has 0 amide bonds. The average molecular weight is 328 g/mol. The molecule has 0 unspecified atom stereocenters. The van der Waals surface area contributed by atoms with Gasteiger partial charge in [-0.2, -0.15) is 0 Å². The van der Waals surface area contributed by atoms with Gasteiger partial charge in [0.25, 0.3) is 0 Å². The van der Waals surface area contributed by atoms with Gasteiger partial charge in [0.1, 0.15) is 29.7 Å². The molecule has 5 nitrogen and oxygen atoms in total. The molecule has 0 N–H and O–H groups in total. The molecular weight excluding hydrogens is 316 g/mol. The zero-order valence-electron chi connectivity index (χ0n) is 11.3. The fraction of sp³-hybridized carbons (Fsp3) is 0.333. The zero-order valence-corrected chi connectivity index (χ0v) is 12.4. The Labute approximate surface area is 132 Å². The molecule has 0 saturated carbocycles. The van der Waals surface area contributed by atoms with Crippen LogP contribution in [0.3, 0.4) is 0 Å². The van der Waals surface area contributed by atoms with Gasteiger partial charge >= 0.3 is 0 Å². The Kier molecular flexibility index (Phi) is 12.8. The molecule has 0 aliphatic carbocycles. The van der Waals surface area contributed by atoms with Crippen molar-refractivity contribution in [2.45, 2.75) is 32.6 Å². The fourth-order valence-corrected chi connectivity index (χ4v) is 1.49. The Bertz CT molecular complexity index is 614. The molecule has 6 heteroatoms. The van der Waals surface area contributed by atoms with Crippen molar-refractivity contribution in [2.75, 3.05) is 0 Å². The molecule has 0 aromatic rings. The third kappa shape index (κ3) is 6.65. The summed E-state index contributed by atoms with van der Waals surface area (Å²) >= 11 is 0. The smallest absolute Gasteiger partial charge is 0.135 e. The maximum atomic E-state index is 10.9. The van der Waals surface area contributed by atoms with E-state index in [-0.39, 0.29) is 29.1 Å². The summed E-state index contributed by atoms with van der Waals surface area (Å²) in [5.74, 6) is 6.95. The molecular formula is C15H12FeO5. The maximum absolute atomic E-state index is 10.9.